The van der Waals surface area contributed by atoms with E-state index in [0.717, 1.165) is 5.56 Å². The van der Waals surface area contributed by atoms with E-state index in [4.69, 9.17) is 4.98 Å². The zero-order chi connectivity index (χ0) is 26.5. The van der Waals surface area contributed by atoms with Crippen LogP contribution in [0.5, 0.6) is 0 Å². The molecule has 0 amide bonds. The first-order chi connectivity index (χ1) is 18.4. The van der Waals surface area contributed by atoms with Crippen molar-refractivity contribution in [3.05, 3.63) is 90.6 Å². The Morgan fingerprint density at radius 1 is 0.921 bits per heavy atom. The molecule has 1 atom stereocenters. The third-order valence-electron chi connectivity index (χ3n) is 6.19. The molecule has 1 aliphatic heterocycles. The minimum absolute atomic E-state index is 0.192. The first-order valence-electron chi connectivity index (χ1n) is 12.1. The Morgan fingerprint density at radius 2 is 1.66 bits per heavy atom. The molecule has 1 fully saturated rings. The molecule has 1 aliphatic rings. The fourth-order valence-electron chi connectivity index (χ4n) is 4.15. The molecular formula is C26H27FN8O2S. The summed E-state index contributed by atoms with van der Waals surface area (Å²) in [7, 11) is -3.57. The minimum atomic E-state index is -3.57. The zero-order valence-electron chi connectivity index (χ0n) is 20.7. The highest BCUT2D eigenvalue weighted by atomic mass is 32.2. The van der Waals surface area contributed by atoms with Crippen LogP contribution in [-0.4, -0.2) is 58.8 Å². The van der Waals surface area contributed by atoms with Gasteiger partial charge in [0, 0.05) is 44.6 Å². The van der Waals surface area contributed by atoms with Crippen molar-refractivity contribution in [1.82, 2.24) is 24.2 Å². The number of hydrogen-bond acceptors (Lipinski definition) is 9. The van der Waals surface area contributed by atoms with Crippen LogP contribution in [-0.2, 0) is 10.0 Å². The lowest BCUT2D eigenvalue weighted by Crippen LogP contribution is -2.49. The highest BCUT2D eigenvalue weighted by Gasteiger charge is 2.29. The molecule has 2 aromatic heterocycles. The van der Waals surface area contributed by atoms with Gasteiger partial charge in [-0.2, -0.15) is 14.3 Å². The van der Waals surface area contributed by atoms with Crippen molar-refractivity contribution < 1.29 is 12.8 Å². The zero-order valence-corrected chi connectivity index (χ0v) is 21.5. The quantitative estimate of drug-likeness (QED) is 0.348. The van der Waals surface area contributed by atoms with Crippen LogP contribution >= 0.6 is 0 Å². The molecule has 1 unspecified atom stereocenters. The smallest absolute Gasteiger partial charge is 0.243 e. The molecule has 4 aromatic rings. The van der Waals surface area contributed by atoms with Crippen LogP contribution in [0.2, 0.25) is 0 Å². The molecule has 0 spiro atoms. The second kappa shape index (κ2) is 11.1. The van der Waals surface area contributed by atoms with Crippen LogP contribution in [0.25, 0.3) is 0 Å². The maximum absolute atomic E-state index is 13.4. The number of rotatable bonds is 8. The highest BCUT2D eigenvalue weighted by molar-refractivity contribution is 7.89. The van der Waals surface area contributed by atoms with Gasteiger partial charge < -0.3 is 15.5 Å². The molecule has 1 saturated heterocycles. The van der Waals surface area contributed by atoms with E-state index in [1.165, 1.54) is 16.4 Å². The van der Waals surface area contributed by atoms with Gasteiger partial charge in [0.15, 0.2) is 0 Å². The molecule has 196 valence electrons. The summed E-state index contributed by atoms with van der Waals surface area (Å²) in [5.74, 6) is 1.72. The first-order valence-corrected chi connectivity index (χ1v) is 13.6. The van der Waals surface area contributed by atoms with Crippen molar-refractivity contribution in [2.24, 2.45) is 0 Å². The maximum atomic E-state index is 13.4. The topological polar surface area (TPSA) is 116 Å². The van der Waals surface area contributed by atoms with E-state index in [0.29, 0.717) is 49.6 Å². The average Bonchev–Trinajstić information content (AvgIpc) is 2.94. The van der Waals surface area contributed by atoms with Crippen LogP contribution in [0.4, 0.5) is 27.8 Å². The minimum Gasteiger partial charge on any atom is -0.354 e. The van der Waals surface area contributed by atoms with E-state index in [1.807, 2.05) is 11.8 Å². The summed E-state index contributed by atoms with van der Waals surface area (Å²) in [6.07, 6.45) is 4.74. The number of anilines is 4. The number of sulfonamides is 1. The summed E-state index contributed by atoms with van der Waals surface area (Å²) in [6.45, 7) is 3.50. The highest BCUT2D eigenvalue weighted by Crippen LogP contribution is 2.26. The molecule has 0 bridgehead atoms. The SMILES string of the molecule is CC(Nc1nc(Nc2cnccn2)cc(N2CCN(S(=O)(=O)c3ccccc3)CC2)n1)c1ccc(F)cc1. The summed E-state index contributed by atoms with van der Waals surface area (Å²) in [4.78, 5) is 19.9. The Kier molecular flexibility index (Phi) is 7.43. The standard InChI is InChI=1S/C26H27FN8O2S/c1-19(20-7-9-21(27)10-8-20)30-26-32-23(31-24-18-28-11-12-29-24)17-25(33-26)34-13-15-35(16-14-34)38(36,37)22-5-3-2-4-6-22/h2-12,17-19H,13-16H2,1H3,(H2,29,30,31,32,33). The van der Waals surface area contributed by atoms with Gasteiger partial charge in [-0.1, -0.05) is 30.3 Å². The number of aromatic nitrogens is 4. The summed E-state index contributed by atoms with van der Waals surface area (Å²) in [5, 5.41) is 6.44. The molecule has 38 heavy (non-hydrogen) atoms. The van der Waals surface area contributed by atoms with Crippen molar-refractivity contribution in [3.8, 4) is 0 Å². The lowest BCUT2D eigenvalue weighted by molar-refractivity contribution is 0.384. The fraction of sp³-hybridized carbons (Fsp3) is 0.231. The summed E-state index contributed by atoms with van der Waals surface area (Å²) in [6, 6.07) is 16.3. The number of nitrogens with one attached hydrogen (secondary N) is 2. The van der Waals surface area contributed by atoms with E-state index in [9.17, 15) is 12.8 Å². The summed E-state index contributed by atoms with van der Waals surface area (Å²) >= 11 is 0. The Labute approximate surface area is 220 Å². The third-order valence-corrected chi connectivity index (χ3v) is 8.10. The first kappa shape index (κ1) is 25.5. The Morgan fingerprint density at radius 3 is 2.34 bits per heavy atom. The molecule has 5 rings (SSSR count). The third kappa shape index (κ3) is 5.87. The number of halogens is 1. The van der Waals surface area contributed by atoms with Crippen molar-refractivity contribution in [2.45, 2.75) is 17.9 Å². The number of hydrogen-bond donors (Lipinski definition) is 2. The van der Waals surface area contributed by atoms with Gasteiger partial charge in [-0.15, -0.1) is 0 Å². The van der Waals surface area contributed by atoms with E-state index in [1.54, 1.807) is 67.1 Å². The van der Waals surface area contributed by atoms with Gasteiger partial charge >= 0.3 is 0 Å². The van der Waals surface area contributed by atoms with Gasteiger partial charge in [0.25, 0.3) is 0 Å². The van der Waals surface area contributed by atoms with Gasteiger partial charge in [-0.05, 0) is 36.8 Å². The van der Waals surface area contributed by atoms with Crippen LogP contribution < -0.4 is 15.5 Å². The molecule has 2 N–H and O–H groups in total. The van der Waals surface area contributed by atoms with Gasteiger partial charge in [0.05, 0.1) is 17.1 Å². The van der Waals surface area contributed by atoms with Crippen molar-refractivity contribution in [1.29, 1.82) is 0 Å². The van der Waals surface area contributed by atoms with Gasteiger partial charge in [-0.25, -0.2) is 17.8 Å². The van der Waals surface area contributed by atoms with Crippen LogP contribution in [0.15, 0.2) is 84.1 Å². The van der Waals surface area contributed by atoms with Crippen LogP contribution in [0.1, 0.15) is 18.5 Å². The largest absolute Gasteiger partial charge is 0.354 e. The predicted octanol–water partition coefficient (Wildman–Crippen LogP) is 3.83. The summed E-state index contributed by atoms with van der Waals surface area (Å²) < 4.78 is 41.0. The lowest BCUT2D eigenvalue weighted by atomic mass is 10.1. The van der Waals surface area contributed by atoms with Crippen molar-refractivity contribution in [2.75, 3.05) is 41.7 Å². The van der Waals surface area contributed by atoms with Gasteiger partial charge in [-0.3, -0.25) is 4.98 Å². The normalized spacial score (nSPS) is 15.2. The fourth-order valence-corrected chi connectivity index (χ4v) is 5.59. The van der Waals surface area contributed by atoms with E-state index < -0.39 is 10.0 Å². The second-order valence-corrected chi connectivity index (χ2v) is 10.7. The number of benzene rings is 2. The monoisotopic (exact) mass is 534 g/mol. The van der Waals surface area contributed by atoms with E-state index in [-0.39, 0.29) is 16.8 Å². The van der Waals surface area contributed by atoms with E-state index >= 15 is 0 Å². The van der Waals surface area contributed by atoms with Gasteiger partial charge in [0.2, 0.25) is 16.0 Å². The number of piperazine rings is 1. The Balaban J connectivity index is 1.37. The summed E-state index contributed by atoms with van der Waals surface area (Å²) in [5.41, 5.74) is 0.878. The molecule has 10 nitrogen and oxygen atoms in total. The van der Waals surface area contributed by atoms with Gasteiger partial charge in [0.1, 0.15) is 23.3 Å². The van der Waals surface area contributed by atoms with Crippen LogP contribution in [0, 0.1) is 5.82 Å². The van der Waals surface area contributed by atoms with Crippen molar-refractivity contribution in [3.63, 3.8) is 0 Å². The molecule has 0 radical (unpaired) electrons. The van der Waals surface area contributed by atoms with Crippen molar-refractivity contribution >= 4 is 33.4 Å². The maximum Gasteiger partial charge on any atom is 0.243 e. The lowest BCUT2D eigenvalue weighted by Gasteiger charge is -2.35. The van der Waals surface area contributed by atoms with Crippen LogP contribution in [0.3, 0.4) is 0 Å². The molecule has 2 aromatic carbocycles. The molecule has 3 heterocycles. The predicted molar refractivity (Wildman–Crippen MR) is 143 cm³/mol. The molecule has 0 aliphatic carbocycles. The Hall–Kier alpha value is -4.16. The van der Waals surface area contributed by atoms with E-state index in [2.05, 4.69) is 25.6 Å². The molecular weight excluding hydrogens is 507 g/mol. The second-order valence-electron chi connectivity index (χ2n) is 8.77. The average molecular weight is 535 g/mol. The molecule has 12 heteroatoms. The number of nitrogens with zero attached hydrogens (tertiary/aromatic N) is 6. The molecule has 0 saturated carbocycles. The Bertz CT molecular complexity index is 1470.